The third-order valence-electron chi connectivity index (χ3n) is 2.57. The Hall–Kier alpha value is -0.220. The highest BCUT2D eigenvalue weighted by molar-refractivity contribution is 7.99. The Labute approximate surface area is 90.0 Å². The third-order valence-corrected chi connectivity index (χ3v) is 3.90. The van der Waals surface area contributed by atoms with Gasteiger partial charge in [-0.3, -0.25) is 4.79 Å². The molecule has 1 fully saturated rings. The molecule has 1 aliphatic carbocycles. The molecule has 0 radical (unpaired) electrons. The van der Waals surface area contributed by atoms with Crippen LogP contribution in [-0.2, 0) is 9.53 Å². The van der Waals surface area contributed by atoms with Crippen LogP contribution < -0.4 is 5.32 Å². The molecule has 1 rings (SSSR count). The van der Waals surface area contributed by atoms with Crippen LogP contribution in [0.15, 0.2) is 0 Å². The van der Waals surface area contributed by atoms with Crippen molar-refractivity contribution in [2.45, 2.75) is 37.5 Å². The lowest BCUT2D eigenvalue weighted by atomic mass is 10.2. The predicted octanol–water partition coefficient (Wildman–Crippen LogP) is 1.42. The molecule has 82 valence electrons. The molecule has 0 aromatic rings. The summed E-state index contributed by atoms with van der Waals surface area (Å²) < 4.78 is 4.60. The van der Waals surface area contributed by atoms with Crippen molar-refractivity contribution in [3.05, 3.63) is 0 Å². The van der Waals surface area contributed by atoms with Crippen LogP contribution in [-0.4, -0.2) is 36.7 Å². The van der Waals surface area contributed by atoms with Crippen LogP contribution in [0.4, 0.5) is 0 Å². The Morgan fingerprint density at radius 1 is 1.57 bits per heavy atom. The Kier molecular flexibility index (Phi) is 5.33. The van der Waals surface area contributed by atoms with Crippen molar-refractivity contribution < 1.29 is 9.53 Å². The Morgan fingerprint density at radius 3 is 3.00 bits per heavy atom. The summed E-state index contributed by atoms with van der Waals surface area (Å²) in [5, 5.41) is 3.96. The van der Waals surface area contributed by atoms with Crippen molar-refractivity contribution >= 4 is 17.7 Å². The normalized spacial score (nSPS) is 26.4. The molecule has 0 bridgehead atoms. The Balaban J connectivity index is 2.25. The number of rotatable bonds is 5. The molecule has 0 spiro atoms. The summed E-state index contributed by atoms with van der Waals surface area (Å²) in [4.78, 5) is 10.9. The Bertz CT molecular complexity index is 187. The first-order valence-corrected chi connectivity index (χ1v) is 6.24. The first-order valence-electron chi connectivity index (χ1n) is 5.19. The van der Waals surface area contributed by atoms with Crippen molar-refractivity contribution in [1.29, 1.82) is 0 Å². The maximum absolute atomic E-state index is 10.9. The molecular weight excluding hydrogens is 198 g/mol. The van der Waals surface area contributed by atoms with Gasteiger partial charge < -0.3 is 10.1 Å². The summed E-state index contributed by atoms with van der Waals surface area (Å²) in [6, 6.07) is 0.499. The zero-order valence-electron chi connectivity index (χ0n) is 8.91. The molecule has 1 aliphatic rings. The van der Waals surface area contributed by atoms with Crippen LogP contribution in [0.2, 0.25) is 0 Å². The smallest absolute Gasteiger partial charge is 0.319 e. The second-order valence-electron chi connectivity index (χ2n) is 3.49. The minimum Gasteiger partial charge on any atom is -0.468 e. The van der Waals surface area contributed by atoms with E-state index in [1.54, 1.807) is 0 Å². The van der Waals surface area contributed by atoms with E-state index in [2.05, 4.69) is 17.0 Å². The minimum atomic E-state index is -0.169. The fourth-order valence-electron chi connectivity index (χ4n) is 1.86. The van der Waals surface area contributed by atoms with Crippen LogP contribution in [0.3, 0.4) is 0 Å². The summed E-state index contributed by atoms with van der Waals surface area (Å²) in [5.41, 5.74) is 0. The van der Waals surface area contributed by atoms with Gasteiger partial charge in [0, 0.05) is 11.3 Å². The molecule has 2 unspecified atom stereocenters. The number of esters is 1. The van der Waals surface area contributed by atoms with E-state index in [-0.39, 0.29) is 5.97 Å². The molecule has 0 saturated heterocycles. The zero-order valence-corrected chi connectivity index (χ0v) is 9.73. The molecule has 0 aromatic carbocycles. The van der Waals surface area contributed by atoms with Gasteiger partial charge in [0.15, 0.2) is 0 Å². The molecule has 0 aliphatic heterocycles. The van der Waals surface area contributed by atoms with E-state index in [1.807, 2.05) is 11.8 Å². The van der Waals surface area contributed by atoms with E-state index in [9.17, 15) is 4.79 Å². The summed E-state index contributed by atoms with van der Waals surface area (Å²) in [6.07, 6.45) is 3.74. The zero-order chi connectivity index (χ0) is 10.4. The number of thioether (sulfide) groups is 1. The van der Waals surface area contributed by atoms with Gasteiger partial charge in [-0.2, -0.15) is 11.8 Å². The highest BCUT2D eigenvalue weighted by atomic mass is 32.2. The first kappa shape index (κ1) is 11.9. The predicted molar refractivity (Wildman–Crippen MR) is 59.6 cm³/mol. The molecule has 4 heteroatoms. The first-order chi connectivity index (χ1) is 6.77. The molecule has 3 nitrogen and oxygen atoms in total. The van der Waals surface area contributed by atoms with Crippen LogP contribution in [0.1, 0.15) is 26.2 Å². The fourth-order valence-corrected chi connectivity index (χ4v) is 3.09. The third kappa shape index (κ3) is 3.50. The van der Waals surface area contributed by atoms with Crippen molar-refractivity contribution in [1.82, 2.24) is 5.32 Å². The van der Waals surface area contributed by atoms with Gasteiger partial charge in [-0.1, -0.05) is 13.3 Å². The van der Waals surface area contributed by atoms with Gasteiger partial charge in [-0.05, 0) is 18.6 Å². The monoisotopic (exact) mass is 217 g/mol. The summed E-state index contributed by atoms with van der Waals surface area (Å²) in [5.74, 6) is 0.985. The number of hydrogen-bond donors (Lipinski definition) is 1. The highest BCUT2D eigenvalue weighted by Crippen LogP contribution is 2.29. The lowest BCUT2D eigenvalue weighted by Crippen LogP contribution is -2.38. The van der Waals surface area contributed by atoms with Crippen molar-refractivity contribution in [3.8, 4) is 0 Å². The summed E-state index contributed by atoms with van der Waals surface area (Å²) in [7, 11) is 1.43. The average Bonchev–Trinajstić information content (AvgIpc) is 2.62. The quantitative estimate of drug-likeness (QED) is 0.707. The van der Waals surface area contributed by atoms with Gasteiger partial charge in [0.25, 0.3) is 0 Å². The molecule has 1 N–H and O–H groups in total. The molecular formula is C10H19NO2S. The second-order valence-corrected chi connectivity index (χ2v) is 5.00. The van der Waals surface area contributed by atoms with Crippen LogP contribution >= 0.6 is 11.8 Å². The van der Waals surface area contributed by atoms with E-state index >= 15 is 0 Å². The topological polar surface area (TPSA) is 38.3 Å². The number of carbonyl (C=O) groups is 1. The lowest BCUT2D eigenvalue weighted by Gasteiger charge is -2.19. The SMILES string of the molecule is CCSC1CCCC1NCC(=O)OC. The lowest BCUT2D eigenvalue weighted by molar-refractivity contribution is -0.139. The van der Waals surface area contributed by atoms with E-state index in [0.717, 1.165) is 5.75 Å². The van der Waals surface area contributed by atoms with Gasteiger partial charge in [0.1, 0.15) is 0 Å². The maximum atomic E-state index is 10.9. The minimum absolute atomic E-state index is 0.169. The van der Waals surface area contributed by atoms with Crippen molar-refractivity contribution in [2.75, 3.05) is 19.4 Å². The van der Waals surface area contributed by atoms with E-state index < -0.39 is 0 Å². The molecule has 2 atom stereocenters. The van der Waals surface area contributed by atoms with Crippen LogP contribution in [0.5, 0.6) is 0 Å². The number of hydrogen-bond acceptors (Lipinski definition) is 4. The average molecular weight is 217 g/mol. The molecule has 14 heavy (non-hydrogen) atoms. The number of ether oxygens (including phenoxy) is 1. The van der Waals surface area contributed by atoms with E-state index in [0.29, 0.717) is 17.8 Å². The summed E-state index contributed by atoms with van der Waals surface area (Å²) in [6.45, 7) is 2.53. The standard InChI is InChI=1S/C10H19NO2S/c1-3-14-9-6-4-5-8(9)11-7-10(12)13-2/h8-9,11H,3-7H2,1-2H3. The van der Waals surface area contributed by atoms with Gasteiger partial charge in [-0.25, -0.2) is 0 Å². The maximum Gasteiger partial charge on any atom is 0.319 e. The summed E-state index contributed by atoms with van der Waals surface area (Å²) >= 11 is 1.99. The molecule has 1 saturated carbocycles. The molecule has 0 aromatic heterocycles. The number of nitrogens with one attached hydrogen (secondary N) is 1. The molecule has 0 heterocycles. The Morgan fingerprint density at radius 2 is 2.36 bits per heavy atom. The number of carbonyl (C=O) groups excluding carboxylic acids is 1. The van der Waals surface area contributed by atoms with Crippen LogP contribution in [0.25, 0.3) is 0 Å². The molecule has 0 amide bonds. The fraction of sp³-hybridized carbons (Fsp3) is 0.900. The van der Waals surface area contributed by atoms with Gasteiger partial charge in [0.2, 0.25) is 0 Å². The largest absolute Gasteiger partial charge is 0.468 e. The van der Waals surface area contributed by atoms with Gasteiger partial charge in [0.05, 0.1) is 13.7 Å². The second kappa shape index (κ2) is 6.30. The number of methoxy groups -OCH3 is 1. The van der Waals surface area contributed by atoms with Gasteiger partial charge >= 0.3 is 5.97 Å². The van der Waals surface area contributed by atoms with Gasteiger partial charge in [-0.15, -0.1) is 0 Å². The van der Waals surface area contributed by atoms with E-state index in [1.165, 1.54) is 26.4 Å². The van der Waals surface area contributed by atoms with Crippen LogP contribution in [0, 0.1) is 0 Å². The highest BCUT2D eigenvalue weighted by Gasteiger charge is 2.26. The van der Waals surface area contributed by atoms with Crippen molar-refractivity contribution in [3.63, 3.8) is 0 Å². The van der Waals surface area contributed by atoms with Crippen molar-refractivity contribution in [2.24, 2.45) is 0 Å². The van der Waals surface area contributed by atoms with E-state index in [4.69, 9.17) is 0 Å².